The molecule has 1 aliphatic rings. The lowest BCUT2D eigenvalue weighted by Crippen LogP contribution is -2.03. The van der Waals surface area contributed by atoms with E-state index >= 15 is 0 Å². The zero-order valence-corrected chi connectivity index (χ0v) is 13.3. The minimum Gasteiger partial charge on any atom is -0.493 e. The Labute approximate surface area is 135 Å². The zero-order chi connectivity index (χ0) is 16.8. The number of rotatable bonds is 7. The highest BCUT2D eigenvalue weighted by molar-refractivity contribution is 6.24. The maximum absolute atomic E-state index is 11.7. The van der Waals surface area contributed by atoms with E-state index in [0.717, 1.165) is 11.1 Å². The highest BCUT2D eigenvalue weighted by atomic mass is 16.7. The quantitative estimate of drug-likeness (QED) is 0.440. The number of nitrogens with zero attached hydrogens (tertiary/aromatic N) is 1. The van der Waals surface area contributed by atoms with E-state index in [1.165, 1.54) is 0 Å². The van der Waals surface area contributed by atoms with Gasteiger partial charge in [-0.15, -0.1) is 6.58 Å². The molecule has 0 atom stereocenters. The summed E-state index contributed by atoms with van der Waals surface area (Å²) in [6.07, 6.45) is 5.78. The largest absolute Gasteiger partial charge is 0.493 e. The molecule has 1 aromatic rings. The van der Waals surface area contributed by atoms with Crippen LogP contribution in [-0.2, 0) is 16.1 Å². The van der Waals surface area contributed by atoms with Crippen molar-refractivity contribution < 1.29 is 19.1 Å². The Bertz CT molecular complexity index is 701. The topological polar surface area (TPSA) is 57.1 Å². The second kappa shape index (κ2) is 7.45. The van der Waals surface area contributed by atoms with Crippen molar-refractivity contribution in [2.75, 3.05) is 13.7 Å². The molecule has 0 aromatic heterocycles. The second-order valence-electron chi connectivity index (χ2n) is 4.92. The summed E-state index contributed by atoms with van der Waals surface area (Å²) in [5, 5.41) is 3.67. The van der Waals surface area contributed by atoms with E-state index in [1.54, 1.807) is 38.3 Å². The van der Waals surface area contributed by atoms with Crippen LogP contribution < -0.4 is 9.47 Å². The minimum absolute atomic E-state index is 0.374. The van der Waals surface area contributed by atoms with Gasteiger partial charge in [-0.2, -0.15) is 0 Å². The Morgan fingerprint density at radius 1 is 1.30 bits per heavy atom. The number of hydrogen-bond donors (Lipinski definition) is 0. The van der Waals surface area contributed by atoms with Gasteiger partial charge in [0.25, 0.3) is 0 Å². The molecule has 5 nitrogen and oxygen atoms in total. The molecule has 0 bridgehead atoms. The molecule has 0 radical (unpaired) electrons. The number of carbonyl (C=O) groups is 1. The summed E-state index contributed by atoms with van der Waals surface area (Å²) in [4.78, 5) is 16.3. The Kier molecular flexibility index (Phi) is 5.36. The van der Waals surface area contributed by atoms with E-state index in [4.69, 9.17) is 9.47 Å². The number of carbonyl (C=O) groups excluding carboxylic acids is 1. The predicted molar refractivity (Wildman–Crippen MR) is 89.8 cm³/mol. The molecule has 1 aliphatic heterocycles. The molecule has 0 saturated carbocycles. The molecule has 1 aromatic carbocycles. The van der Waals surface area contributed by atoms with E-state index < -0.39 is 5.97 Å². The third-order valence-electron chi connectivity index (χ3n) is 3.27. The first kappa shape index (κ1) is 16.5. The van der Waals surface area contributed by atoms with Crippen LogP contribution in [0, 0.1) is 0 Å². The summed E-state index contributed by atoms with van der Waals surface area (Å²) >= 11 is 0. The fourth-order valence-corrected chi connectivity index (χ4v) is 2.22. The van der Waals surface area contributed by atoms with Crippen LogP contribution in [-0.4, -0.2) is 25.4 Å². The van der Waals surface area contributed by atoms with E-state index in [-0.39, 0.29) is 0 Å². The molecule has 0 amide bonds. The van der Waals surface area contributed by atoms with E-state index in [2.05, 4.69) is 23.2 Å². The predicted octanol–water partition coefficient (Wildman–Crippen LogP) is 3.30. The smallest absolute Gasteiger partial charge is 0.367 e. The third kappa shape index (κ3) is 3.69. The van der Waals surface area contributed by atoms with Gasteiger partial charge in [0.2, 0.25) is 0 Å². The molecule has 0 unspecified atom stereocenters. The second-order valence-corrected chi connectivity index (χ2v) is 4.92. The van der Waals surface area contributed by atoms with Crippen molar-refractivity contribution in [3.05, 3.63) is 54.1 Å². The molecule has 0 N–H and O–H groups in total. The van der Waals surface area contributed by atoms with Gasteiger partial charge in [-0.05, 0) is 37.1 Å². The van der Waals surface area contributed by atoms with Gasteiger partial charge in [-0.1, -0.05) is 23.9 Å². The van der Waals surface area contributed by atoms with Gasteiger partial charge in [0.1, 0.15) is 6.61 Å². The molecule has 0 spiro atoms. The molecular formula is C18H19NO4. The monoisotopic (exact) mass is 313 g/mol. The Hall–Kier alpha value is -2.82. The molecule has 0 fully saturated rings. The molecule has 0 saturated heterocycles. The lowest BCUT2D eigenvalue weighted by molar-refractivity contribution is -0.136. The first-order valence-corrected chi connectivity index (χ1v) is 7.14. The fourth-order valence-electron chi connectivity index (χ4n) is 2.22. The minimum atomic E-state index is -0.460. The van der Waals surface area contributed by atoms with Crippen LogP contribution in [0.5, 0.6) is 11.5 Å². The van der Waals surface area contributed by atoms with Gasteiger partial charge >= 0.3 is 5.97 Å². The Balaban J connectivity index is 2.49. The van der Waals surface area contributed by atoms with Crippen molar-refractivity contribution in [2.45, 2.75) is 13.3 Å². The molecule has 1 heterocycles. The molecule has 0 aliphatic carbocycles. The van der Waals surface area contributed by atoms with Crippen LogP contribution in [0.25, 0.3) is 6.08 Å². The maximum atomic E-state index is 11.7. The van der Waals surface area contributed by atoms with Gasteiger partial charge in [0, 0.05) is 5.56 Å². The first-order valence-electron chi connectivity index (χ1n) is 7.14. The van der Waals surface area contributed by atoms with E-state index in [9.17, 15) is 4.79 Å². The number of allylic oxidation sites excluding steroid dienone is 1. The van der Waals surface area contributed by atoms with Crippen molar-refractivity contribution >= 4 is 17.8 Å². The van der Waals surface area contributed by atoms with Gasteiger partial charge in [-0.25, -0.2) is 4.79 Å². The standard InChI is InChI=1S/C18H19NO4/c1-5-7-14-9-13(10-15-12(3)19-23-18(15)20)11-16(21-4)17(14)22-8-6-2/h5-6,9-11H,1-2,7-8H2,3-4H3/b15-10-. The SMILES string of the molecule is C=CCOc1c(CC=C)cc(/C=C2\C(=O)ON=C2C)cc1OC. The molecule has 23 heavy (non-hydrogen) atoms. The molecular weight excluding hydrogens is 294 g/mol. The van der Waals surface area contributed by atoms with Gasteiger partial charge in [0.15, 0.2) is 11.5 Å². The summed E-state index contributed by atoms with van der Waals surface area (Å²) in [6.45, 7) is 9.51. The summed E-state index contributed by atoms with van der Waals surface area (Å²) < 4.78 is 11.1. The van der Waals surface area contributed by atoms with Crippen LogP contribution >= 0.6 is 0 Å². The van der Waals surface area contributed by atoms with Crippen molar-refractivity contribution in [1.29, 1.82) is 0 Å². The summed E-state index contributed by atoms with van der Waals surface area (Å²) in [6, 6.07) is 3.73. The number of oxime groups is 1. The normalized spacial score (nSPS) is 15.1. The fraction of sp³-hybridized carbons (Fsp3) is 0.222. The molecule has 2 rings (SSSR count). The Morgan fingerprint density at radius 2 is 2.09 bits per heavy atom. The average molecular weight is 313 g/mol. The molecule has 120 valence electrons. The van der Waals surface area contributed by atoms with Gasteiger partial charge in [0.05, 0.1) is 18.4 Å². The summed E-state index contributed by atoms with van der Waals surface area (Å²) in [5.41, 5.74) is 2.68. The lowest BCUT2D eigenvalue weighted by atomic mass is 10.0. The van der Waals surface area contributed by atoms with Crippen LogP contribution in [0.15, 0.2) is 48.2 Å². The number of benzene rings is 1. The third-order valence-corrected chi connectivity index (χ3v) is 3.27. The number of methoxy groups -OCH3 is 1. The zero-order valence-electron chi connectivity index (χ0n) is 13.3. The van der Waals surface area contributed by atoms with Crippen molar-refractivity contribution in [3.8, 4) is 11.5 Å². The molecule has 5 heteroatoms. The maximum Gasteiger partial charge on any atom is 0.367 e. The number of hydrogen-bond acceptors (Lipinski definition) is 5. The van der Waals surface area contributed by atoms with Crippen LogP contribution in [0.3, 0.4) is 0 Å². The van der Waals surface area contributed by atoms with Crippen LogP contribution in [0.1, 0.15) is 18.1 Å². The first-order chi connectivity index (χ1) is 11.1. The number of ether oxygens (including phenoxy) is 2. The van der Waals surface area contributed by atoms with Crippen molar-refractivity contribution in [2.24, 2.45) is 5.16 Å². The van der Waals surface area contributed by atoms with E-state index in [1.807, 2.05) is 6.07 Å². The highest BCUT2D eigenvalue weighted by Gasteiger charge is 2.22. The van der Waals surface area contributed by atoms with Crippen molar-refractivity contribution in [1.82, 2.24) is 0 Å². The van der Waals surface area contributed by atoms with Crippen molar-refractivity contribution in [3.63, 3.8) is 0 Å². The van der Waals surface area contributed by atoms with Gasteiger partial charge < -0.3 is 14.3 Å². The average Bonchev–Trinajstić information content (AvgIpc) is 2.85. The lowest BCUT2D eigenvalue weighted by Gasteiger charge is -2.15. The van der Waals surface area contributed by atoms with Crippen LogP contribution in [0.2, 0.25) is 0 Å². The van der Waals surface area contributed by atoms with Gasteiger partial charge in [-0.3, -0.25) is 0 Å². The van der Waals surface area contributed by atoms with E-state index in [0.29, 0.717) is 35.8 Å². The Morgan fingerprint density at radius 3 is 2.65 bits per heavy atom. The highest BCUT2D eigenvalue weighted by Crippen LogP contribution is 2.34. The summed E-state index contributed by atoms with van der Waals surface area (Å²) in [5.74, 6) is 0.770. The van der Waals surface area contributed by atoms with Crippen LogP contribution in [0.4, 0.5) is 0 Å². The summed E-state index contributed by atoms with van der Waals surface area (Å²) in [7, 11) is 1.57.